The van der Waals surface area contributed by atoms with Crippen molar-refractivity contribution in [2.45, 2.75) is 18.1 Å². The lowest BCUT2D eigenvalue weighted by Crippen LogP contribution is -2.38. The van der Waals surface area contributed by atoms with Gasteiger partial charge in [0.15, 0.2) is 0 Å². The van der Waals surface area contributed by atoms with Crippen LogP contribution in [-0.4, -0.2) is 42.4 Å². The first-order valence-corrected chi connectivity index (χ1v) is 7.69. The van der Waals surface area contributed by atoms with Crippen molar-refractivity contribution < 1.29 is 19.1 Å². The summed E-state index contributed by atoms with van der Waals surface area (Å²) in [6, 6.07) is 7.53. The van der Waals surface area contributed by atoms with E-state index >= 15 is 0 Å². The summed E-state index contributed by atoms with van der Waals surface area (Å²) >= 11 is 0.882. The molecule has 0 radical (unpaired) electrons. The second-order valence-electron chi connectivity index (χ2n) is 4.69. The van der Waals surface area contributed by atoms with Gasteiger partial charge in [0.1, 0.15) is 17.8 Å². The highest BCUT2D eigenvalue weighted by Crippen LogP contribution is 2.21. The van der Waals surface area contributed by atoms with Crippen LogP contribution in [-0.2, 0) is 16.0 Å². The number of carbonyl (C=O) groups is 2. The molecule has 1 heterocycles. The van der Waals surface area contributed by atoms with Crippen LogP contribution in [0.2, 0.25) is 0 Å². The van der Waals surface area contributed by atoms with E-state index in [1.165, 1.54) is 0 Å². The first-order valence-electron chi connectivity index (χ1n) is 6.81. The highest BCUT2D eigenvalue weighted by Gasteiger charge is 2.33. The fourth-order valence-electron chi connectivity index (χ4n) is 2.15. The molecule has 0 saturated carbocycles. The van der Waals surface area contributed by atoms with Gasteiger partial charge in [-0.2, -0.15) is 5.26 Å². The summed E-state index contributed by atoms with van der Waals surface area (Å²) in [6.45, 7) is 0.468. The number of hydrogen-bond donors (Lipinski definition) is 0. The van der Waals surface area contributed by atoms with Crippen LogP contribution in [0.25, 0.3) is 0 Å². The van der Waals surface area contributed by atoms with E-state index < -0.39 is 11.3 Å². The van der Waals surface area contributed by atoms with Crippen LogP contribution in [0.15, 0.2) is 24.3 Å². The molecule has 6 nitrogen and oxygen atoms in total. The van der Waals surface area contributed by atoms with Gasteiger partial charge in [-0.1, -0.05) is 12.1 Å². The monoisotopic (exact) mass is 320 g/mol. The maximum absolute atomic E-state index is 12.3. The Morgan fingerprint density at radius 3 is 2.77 bits per heavy atom. The molecule has 1 aromatic rings. The molecular formula is C15H16N2O4S. The standard InChI is InChI=1S/C15H16N2O4S/c1-20-12-5-2-11(3-6-12)4-7-13(22-10-16)14(18)17-8-9-21-15(17)19/h2-3,5-6,13H,4,7-9H2,1H3. The first-order chi connectivity index (χ1) is 10.7. The molecule has 2 rings (SSSR count). The van der Waals surface area contributed by atoms with Gasteiger partial charge in [-0.15, -0.1) is 0 Å². The zero-order valence-corrected chi connectivity index (χ0v) is 13.0. The Bertz CT molecular complexity index is 582. The van der Waals surface area contributed by atoms with Gasteiger partial charge >= 0.3 is 6.09 Å². The van der Waals surface area contributed by atoms with Crippen molar-refractivity contribution in [3.63, 3.8) is 0 Å². The molecule has 1 aliphatic heterocycles. The number of benzene rings is 1. The summed E-state index contributed by atoms with van der Waals surface area (Å²) in [4.78, 5) is 24.8. The van der Waals surface area contributed by atoms with Gasteiger partial charge in [0.25, 0.3) is 0 Å². The number of thiocyanates is 1. The topological polar surface area (TPSA) is 79.6 Å². The molecule has 2 amide bonds. The van der Waals surface area contributed by atoms with Crippen molar-refractivity contribution in [3.05, 3.63) is 29.8 Å². The van der Waals surface area contributed by atoms with Gasteiger partial charge in [-0.25, -0.2) is 9.69 Å². The normalized spacial score (nSPS) is 15.1. The van der Waals surface area contributed by atoms with Crippen LogP contribution in [0.5, 0.6) is 5.75 Å². The Morgan fingerprint density at radius 2 is 2.23 bits per heavy atom. The highest BCUT2D eigenvalue weighted by atomic mass is 32.2. The molecule has 116 valence electrons. The number of cyclic esters (lactones) is 1. The van der Waals surface area contributed by atoms with Crippen LogP contribution in [0.4, 0.5) is 4.79 Å². The van der Waals surface area contributed by atoms with E-state index in [9.17, 15) is 9.59 Å². The number of thioether (sulfide) groups is 1. The van der Waals surface area contributed by atoms with Crippen LogP contribution in [0.1, 0.15) is 12.0 Å². The summed E-state index contributed by atoms with van der Waals surface area (Å²) < 4.78 is 9.85. The molecule has 1 atom stereocenters. The highest BCUT2D eigenvalue weighted by molar-refractivity contribution is 8.04. The molecule has 0 aromatic heterocycles. The molecular weight excluding hydrogens is 304 g/mol. The number of hydrogen-bond acceptors (Lipinski definition) is 6. The Labute approximate surface area is 133 Å². The lowest BCUT2D eigenvalue weighted by molar-refractivity contribution is -0.127. The van der Waals surface area contributed by atoms with E-state index in [-0.39, 0.29) is 19.1 Å². The van der Waals surface area contributed by atoms with Gasteiger partial charge < -0.3 is 9.47 Å². The van der Waals surface area contributed by atoms with Crippen molar-refractivity contribution in [2.75, 3.05) is 20.3 Å². The number of carbonyl (C=O) groups excluding carboxylic acids is 2. The number of nitriles is 1. The second kappa shape index (κ2) is 7.71. The molecule has 0 bridgehead atoms. The predicted octanol–water partition coefficient (Wildman–Crippen LogP) is 2.19. The average Bonchev–Trinajstić information content (AvgIpc) is 2.97. The van der Waals surface area contributed by atoms with E-state index in [1.54, 1.807) is 7.11 Å². The Balaban J connectivity index is 1.97. The minimum atomic E-state index is -0.627. The Hall–Kier alpha value is -2.20. The second-order valence-corrected chi connectivity index (χ2v) is 5.68. The van der Waals surface area contributed by atoms with E-state index in [0.717, 1.165) is 28.0 Å². The average molecular weight is 320 g/mol. The third-order valence-electron chi connectivity index (χ3n) is 3.35. The number of rotatable bonds is 6. The van der Waals surface area contributed by atoms with Gasteiger partial charge in [0.2, 0.25) is 5.91 Å². The lowest BCUT2D eigenvalue weighted by Gasteiger charge is -2.17. The molecule has 1 aliphatic rings. The zero-order valence-electron chi connectivity index (χ0n) is 12.2. The molecule has 7 heteroatoms. The zero-order chi connectivity index (χ0) is 15.9. The van der Waals surface area contributed by atoms with Crippen LogP contribution >= 0.6 is 11.8 Å². The molecule has 0 aliphatic carbocycles. The van der Waals surface area contributed by atoms with Gasteiger partial charge in [0.05, 0.1) is 18.9 Å². The summed E-state index contributed by atoms with van der Waals surface area (Å²) in [7, 11) is 1.60. The van der Waals surface area contributed by atoms with Gasteiger partial charge in [0, 0.05) is 0 Å². The third kappa shape index (κ3) is 3.92. The number of nitrogens with zero attached hydrogens (tertiary/aromatic N) is 2. The molecule has 22 heavy (non-hydrogen) atoms. The van der Waals surface area contributed by atoms with Crippen molar-refractivity contribution in [1.29, 1.82) is 5.26 Å². The summed E-state index contributed by atoms with van der Waals surface area (Å²) in [5.41, 5.74) is 1.04. The number of imide groups is 1. The third-order valence-corrected chi connectivity index (χ3v) is 4.18. The van der Waals surface area contributed by atoms with Crippen LogP contribution in [0, 0.1) is 10.7 Å². The summed E-state index contributed by atoms with van der Waals surface area (Å²) in [5.74, 6) is 0.408. The fourth-order valence-corrected chi connectivity index (χ4v) is 2.74. The van der Waals surface area contributed by atoms with Gasteiger partial charge in [-0.05, 0) is 42.3 Å². The maximum atomic E-state index is 12.3. The van der Waals surface area contributed by atoms with Crippen molar-refractivity contribution in [1.82, 2.24) is 4.90 Å². The summed E-state index contributed by atoms with van der Waals surface area (Å²) in [6.07, 6.45) is 0.489. The molecule has 1 unspecified atom stereocenters. The van der Waals surface area contributed by atoms with Gasteiger partial charge in [-0.3, -0.25) is 4.79 Å². The number of ether oxygens (including phenoxy) is 2. The molecule has 1 aromatic carbocycles. The minimum absolute atomic E-state index is 0.215. The SMILES string of the molecule is COc1ccc(CCC(SC#N)C(=O)N2CCOC2=O)cc1. The molecule has 1 fully saturated rings. The quantitative estimate of drug-likeness (QED) is 0.748. The summed E-state index contributed by atoms with van der Waals surface area (Å²) in [5, 5.41) is 10.2. The fraction of sp³-hybridized carbons (Fsp3) is 0.400. The number of methoxy groups -OCH3 is 1. The lowest BCUT2D eigenvalue weighted by atomic mass is 10.1. The van der Waals surface area contributed by atoms with Crippen molar-refractivity contribution in [2.24, 2.45) is 0 Å². The maximum Gasteiger partial charge on any atom is 0.416 e. The predicted molar refractivity (Wildman–Crippen MR) is 81.4 cm³/mol. The molecule has 0 spiro atoms. The van der Waals surface area contributed by atoms with Crippen LogP contribution in [0.3, 0.4) is 0 Å². The van der Waals surface area contributed by atoms with E-state index in [1.807, 2.05) is 29.7 Å². The largest absolute Gasteiger partial charge is 0.497 e. The molecule has 0 N–H and O–H groups in total. The first kappa shape index (κ1) is 16.2. The smallest absolute Gasteiger partial charge is 0.416 e. The Morgan fingerprint density at radius 1 is 1.50 bits per heavy atom. The molecule has 1 saturated heterocycles. The Kier molecular flexibility index (Phi) is 5.67. The van der Waals surface area contributed by atoms with Crippen LogP contribution < -0.4 is 4.74 Å². The van der Waals surface area contributed by atoms with Crippen molar-refractivity contribution >= 4 is 23.8 Å². The number of amides is 2. The van der Waals surface area contributed by atoms with E-state index in [4.69, 9.17) is 14.7 Å². The minimum Gasteiger partial charge on any atom is -0.497 e. The van der Waals surface area contributed by atoms with E-state index in [0.29, 0.717) is 12.8 Å². The number of aryl methyl sites for hydroxylation is 1. The van der Waals surface area contributed by atoms with Crippen molar-refractivity contribution in [3.8, 4) is 11.2 Å². The van der Waals surface area contributed by atoms with E-state index in [2.05, 4.69) is 0 Å².